The number of rotatable bonds is 5. The van der Waals surface area contributed by atoms with Crippen molar-refractivity contribution in [3.8, 4) is 17.0 Å². The SMILES string of the molecule is CCC1(O)C(=O)OCc2c1cc1n(c2=O)Cc2cc3cc(OCc4n(C)c([N+](=O)[O-])c[n+]4C)ccc3cc2-1. The Hall–Kier alpha value is -4.51. The Kier molecular flexibility index (Phi) is 5.18. The first-order chi connectivity index (χ1) is 18.1. The summed E-state index contributed by atoms with van der Waals surface area (Å²) in [6.45, 7) is 2.03. The number of cyclic esters (lactones) is 1. The van der Waals surface area contributed by atoms with Crippen molar-refractivity contribution in [1.29, 1.82) is 0 Å². The molecule has 0 saturated heterocycles. The van der Waals surface area contributed by atoms with Crippen LogP contribution < -0.4 is 14.9 Å². The smallest absolute Gasteiger partial charge is 0.365 e. The average Bonchev–Trinajstić information content (AvgIpc) is 3.40. The molecule has 1 N–H and O–H groups in total. The number of hydrogen-bond donors (Lipinski definition) is 1. The van der Waals surface area contributed by atoms with E-state index in [9.17, 15) is 24.8 Å². The van der Waals surface area contributed by atoms with E-state index in [1.54, 1.807) is 36.2 Å². The van der Waals surface area contributed by atoms with Crippen LogP contribution in [0.25, 0.3) is 22.0 Å². The van der Waals surface area contributed by atoms with E-state index in [0.717, 1.165) is 21.9 Å². The van der Waals surface area contributed by atoms with Crippen molar-refractivity contribution in [2.45, 2.75) is 38.7 Å². The van der Waals surface area contributed by atoms with E-state index < -0.39 is 16.5 Å². The molecule has 2 aliphatic heterocycles. The zero-order valence-electron chi connectivity index (χ0n) is 21.1. The van der Waals surface area contributed by atoms with Crippen molar-refractivity contribution < 1.29 is 28.9 Å². The van der Waals surface area contributed by atoms with Crippen molar-refractivity contribution in [3.05, 3.63) is 85.6 Å². The maximum Gasteiger partial charge on any atom is 0.365 e. The van der Waals surface area contributed by atoms with Gasteiger partial charge in [0.1, 0.15) is 12.4 Å². The van der Waals surface area contributed by atoms with Gasteiger partial charge in [-0.3, -0.25) is 4.79 Å². The molecule has 0 aliphatic carbocycles. The van der Waals surface area contributed by atoms with Gasteiger partial charge in [-0.05, 0) is 58.0 Å². The Balaban J connectivity index is 1.35. The van der Waals surface area contributed by atoms with Gasteiger partial charge in [-0.2, -0.15) is 4.57 Å². The van der Waals surface area contributed by atoms with Crippen LogP contribution in [0.5, 0.6) is 5.75 Å². The Morgan fingerprint density at radius 1 is 1.21 bits per heavy atom. The van der Waals surface area contributed by atoms with E-state index in [4.69, 9.17) is 9.47 Å². The lowest BCUT2D eigenvalue weighted by molar-refractivity contribution is -0.681. The number of carbonyl (C=O) groups excluding carboxylic acids is 1. The number of ether oxygens (including phenoxy) is 2. The quantitative estimate of drug-likeness (QED) is 0.164. The number of aromatic nitrogens is 3. The van der Waals surface area contributed by atoms with E-state index in [1.165, 1.54) is 10.8 Å². The van der Waals surface area contributed by atoms with E-state index in [-0.39, 0.29) is 31.0 Å². The second-order valence-corrected chi connectivity index (χ2v) is 9.74. The number of pyridine rings is 1. The summed E-state index contributed by atoms with van der Waals surface area (Å²) < 4.78 is 15.9. The molecule has 4 aromatic rings. The van der Waals surface area contributed by atoms with Gasteiger partial charge in [0.2, 0.25) is 0 Å². The predicted octanol–water partition coefficient (Wildman–Crippen LogP) is 2.33. The average molecular weight is 518 g/mol. The van der Waals surface area contributed by atoms with E-state index in [2.05, 4.69) is 0 Å². The first-order valence-electron chi connectivity index (χ1n) is 12.2. The van der Waals surface area contributed by atoms with Crippen LogP contribution in [0.1, 0.15) is 35.9 Å². The van der Waals surface area contributed by atoms with Gasteiger partial charge in [-0.1, -0.05) is 13.0 Å². The number of carbonyl (C=O) groups is 1. The van der Waals surface area contributed by atoms with Gasteiger partial charge in [-0.25, -0.2) is 9.36 Å². The lowest BCUT2D eigenvalue weighted by Crippen LogP contribution is -2.44. The minimum absolute atomic E-state index is 0.0232. The number of imidazole rings is 1. The van der Waals surface area contributed by atoms with Crippen molar-refractivity contribution in [3.63, 3.8) is 0 Å². The van der Waals surface area contributed by atoms with Crippen LogP contribution >= 0.6 is 0 Å². The zero-order chi connectivity index (χ0) is 26.9. The third-order valence-electron chi connectivity index (χ3n) is 7.68. The molecule has 0 saturated carbocycles. The monoisotopic (exact) mass is 517 g/mol. The van der Waals surface area contributed by atoms with E-state index in [1.807, 2.05) is 30.3 Å². The van der Waals surface area contributed by atoms with Crippen molar-refractivity contribution in [1.82, 2.24) is 9.13 Å². The summed E-state index contributed by atoms with van der Waals surface area (Å²) in [5, 5.41) is 24.1. The molecule has 0 bridgehead atoms. The molecule has 0 amide bonds. The first-order valence-corrected chi connectivity index (χ1v) is 12.2. The largest absolute Gasteiger partial charge is 0.481 e. The minimum atomic E-state index is -1.84. The summed E-state index contributed by atoms with van der Waals surface area (Å²) in [4.78, 5) is 36.5. The van der Waals surface area contributed by atoms with Gasteiger partial charge >= 0.3 is 11.8 Å². The molecule has 6 rings (SSSR count). The molecule has 2 aromatic carbocycles. The van der Waals surface area contributed by atoms with Gasteiger partial charge in [0.25, 0.3) is 11.4 Å². The van der Waals surface area contributed by atoms with Crippen molar-refractivity contribution >= 4 is 22.6 Å². The van der Waals surface area contributed by atoms with Crippen LogP contribution in [-0.4, -0.2) is 25.1 Å². The molecule has 11 nitrogen and oxygen atoms in total. The highest BCUT2D eigenvalue weighted by atomic mass is 16.6. The van der Waals surface area contributed by atoms with Crippen molar-refractivity contribution in [2.75, 3.05) is 0 Å². The molecule has 2 aliphatic rings. The molecule has 11 heteroatoms. The number of esters is 1. The maximum absolute atomic E-state index is 13.3. The van der Waals surface area contributed by atoms with Crippen LogP contribution in [-0.2, 0) is 49.0 Å². The number of aryl methyl sites for hydroxylation is 1. The zero-order valence-corrected chi connectivity index (χ0v) is 21.1. The number of nitrogens with zero attached hydrogens (tertiary/aromatic N) is 4. The molecular weight excluding hydrogens is 492 g/mol. The Morgan fingerprint density at radius 2 is 2.00 bits per heavy atom. The summed E-state index contributed by atoms with van der Waals surface area (Å²) in [5.41, 5.74) is 0.968. The standard InChI is InChI=1S/C27H25N4O7/c1-4-27(34)21-10-22-19-9-15-5-6-18(37-14-24-28(2)12-23(29(24)3)31(35)36)8-16(15)7-17(19)11-30(22)25(32)20(21)13-38-26(27)33/h5-10,12,34H,4,11,13-14H2,1-3H3/q+1. The van der Waals surface area contributed by atoms with Crippen LogP contribution in [0.15, 0.2) is 47.4 Å². The third-order valence-corrected chi connectivity index (χ3v) is 7.68. The van der Waals surface area contributed by atoms with Crippen LogP contribution in [0.2, 0.25) is 0 Å². The molecule has 2 aromatic heterocycles. The van der Waals surface area contributed by atoms with Gasteiger partial charge in [0, 0.05) is 11.1 Å². The summed E-state index contributed by atoms with van der Waals surface area (Å²) in [6, 6.07) is 11.4. The fraction of sp³-hybridized carbons (Fsp3) is 0.296. The fourth-order valence-electron chi connectivity index (χ4n) is 5.45. The maximum atomic E-state index is 13.3. The number of nitro groups is 1. The first kappa shape index (κ1) is 23.9. The lowest BCUT2D eigenvalue weighted by Gasteiger charge is -2.31. The molecule has 38 heavy (non-hydrogen) atoms. The molecule has 0 fully saturated rings. The molecule has 4 heterocycles. The fourth-order valence-corrected chi connectivity index (χ4v) is 5.45. The van der Waals surface area contributed by atoms with E-state index >= 15 is 0 Å². The van der Waals surface area contributed by atoms with Crippen LogP contribution in [0, 0.1) is 10.1 Å². The number of benzene rings is 2. The van der Waals surface area contributed by atoms with Crippen LogP contribution in [0.3, 0.4) is 0 Å². The molecule has 0 spiro atoms. The molecule has 0 radical (unpaired) electrons. The molecule has 1 unspecified atom stereocenters. The highest BCUT2D eigenvalue weighted by Gasteiger charge is 2.45. The van der Waals surface area contributed by atoms with Gasteiger partial charge in [0.15, 0.2) is 18.4 Å². The van der Waals surface area contributed by atoms with Gasteiger partial charge in [-0.15, -0.1) is 0 Å². The summed E-state index contributed by atoms with van der Waals surface area (Å²) in [6.07, 6.45) is 1.55. The van der Waals surface area contributed by atoms with Crippen LogP contribution in [0.4, 0.5) is 5.82 Å². The molecule has 1 atom stereocenters. The Labute approximate surface area is 216 Å². The minimum Gasteiger partial charge on any atom is -0.481 e. The topological polar surface area (TPSA) is 130 Å². The molecule has 194 valence electrons. The second kappa shape index (κ2) is 8.25. The van der Waals surface area contributed by atoms with Crippen molar-refractivity contribution in [2.24, 2.45) is 14.1 Å². The number of hydrogen-bond acceptors (Lipinski definition) is 7. The molecular formula is C27H25N4O7+. The van der Waals surface area contributed by atoms with Gasteiger partial charge in [0.05, 0.1) is 31.9 Å². The second-order valence-electron chi connectivity index (χ2n) is 9.74. The highest BCUT2D eigenvalue weighted by molar-refractivity contribution is 5.91. The lowest BCUT2D eigenvalue weighted by atomic mass is 9.85. The van der Waals surface area contributed by atoms with E-state index in [0.29, 0.717) is 34.9 Å². The Bertz CT molecular complexity index is 1750. The number of fused-ring (bicyclic) bond motifs is 5. The highest BCUT2D eigenvalue weighted by Crippen LogP contribution is 2.40. The summed E-state index contributed by atoms with van der Waals surface area (Å²) >= 11 is 0. The van der Waals surface area contributed by atoms with Gasteiger partial charge < -0.3 is 29.3 Å². The summed E-state index contributed by atoms with van der Waals surface area (Å²) in [5.74, 6) is 0.483. The normalized spacial score (nSPS) is 17.6. The predicted molar refractivity (Wildman–Crippen MR) is 134 cm³/mol. The summed E-state index contributed by atoms with van der Waals surface area (Å²) in [7, 11) is 3.36. The third kappa shape index (κ3) is 3.35. The Morgan fingerprint density at radius 3 is 2.71 bits per heavy atom. The number of aliphatic hydroxyl groups is 1.